The number of rotatable bonds is 3. The first kappa shape index (κ1) is 11.7. The van der Waals surface area contributed by atoms with E-state index in [0.717, 1.165) is 5.69 Å². The molecule has 3 aromatic heterocycles. The maximum absolute atomic E-state index is 12.2. The van der Waals surface area contributed by atoms with Crippen LogP contribution in [0.25, 0.3) is 5.65 Å². The van der Waals surface area contributed by atoms with Crippen molar-refractivity contribution in [2.45, 2.75) is 0 Å². The molecular formula is C12H11N5OS. The molecule has 0 aliphatic carbocycles. The number of nitrogens with one attached hydrogen (secondary N) is 2. The molecule has 0 saturated carbocycles. The second kappa shape index (κ2) is 4.69. The van der Waals surface area contributed by atoms with Crippen molar-refractivity contribution in [1.82, 2.24) is 14.6 Å². The third-order valence-electron chi connectivity index (χ3n) is 2.65. The fraction of sp³-hybridized carbons (Fsp3) is 0.0833. The third kappa shape index (κ3) is 2.15. The molecule has 0 aliphatic heterocycles. The third-order valence-corrected chi connectivity index (χ3v) is 3.33. The highest BCUT2D eigenvalue weighted by molar-refractivity contribution is 7.08. The molecule has 7 heteroatoms. The van der Waals surface area contributed by atoms with Gasteiger partial charge in [0, 0.05) is 18.6 Å². The van der Waals surface area contributed by atoms with Gasteiger partial charge in [-0.1, -0.05) is 0 Å². The fourth-order valence-corrected chi connectivity index (χ4v) is 2.29. The van der Waals surface area contributed by atoms with Crippen LogP contribution in [0.1, 0.15) is 10.4 Å². The monoisotopic (exact) mass is 273 g/mol. The number of carbonyl (C=O) groups is 1. The Morgan fingerprint density at radius 2 is 2.32 bits per heavy atom. The highest BCUT2D eigenvalue weighted by Crippen LogP contribution is 2.16. The average Bonchev–Trinajstić information content (AvgIpc) is 3.06. The standard InChI is InChI=1S/C12H11N5OS/c1-13-10-2-4-17-11(16-10)9(6-14-17)12(18)15-8-3-5-19-7-8/h2-7H,1H3,(H,13,16)(H,15,18). The van der Waals surface area contributed by atoms with Crippen molar-refractivity contribution in [3.05, 3.63) is 40.8 Å². The van der Waals surface area contributed by atoms with E-state index in [9.17, 15) is 4.79 Å². The molecule has 0 aliphatic rings. The summed E-state index contributed by atoms with van der Waals surface area (Å²) in [5.41, 5.74) is 1.75. The van der Waals surface area contributed by atoms with E-state index >= 15 is 0 Å². The number of anilines is 2. The van der Waals surface area contributed by atoms with Gasteiger partial charge in [0.2, 0.25) is 0 Å². The van der Waals surface area contributed by atoms with E-state index < -0.39 is 0 Å². The van der Waals surface area contributed by atoms with Crippen LogP contribution in [0.15, 0.2) is 35.3 Å². The van der Waals surface area contributed by atoms with Crippen LogP contribution in [-0.4, -0.2) is 27.6 Å². The maximum Gasteiger partial charge on any atom is 0.261 e. The molecule has 0 radical (unpaired) electrons. The zero-order chi connectivity index (χ0) is 13.2. The minimum Gasteiger partial charge on any atom is -0.373 e. The molecule has 1 amide bonds. The van der Waals surface area contributed by atoms with Gasteiger partial charge >= 0.3 is 0 Å². The van der Waals surface area contributed by atoms with Gasteiger partial charge in [0.15, 0.2) is 5.65 Å². The number of amides is 1. The van der Waals surface area contributed by atoms with Crippen LogP contribution in [0.4, 0.5) is 11.5 Å². The smallest absolute Gasteiger partial charge is 0.261 e. The van der Waals surface area contributed by atoms with Gasteiger partial charge in [-0.25, -0.2) is 9.50 Å². The summed E-state index contributed by atoms with van der Waals surface area (Å²) in [5, 5.41) is 13.6. The van der Waals surface area contributed by atoms with Crippen LogP contribution < -0.4 is 10.6 Å². The Hall–Kier alpha value is -2.41. The van der Waals surface area contributed by atoms with Gasteiger partial charge < -0.3 is 10.6 Å². The number of aromatic nitrogens is 3. The van der Waals surface area contributed by atoms with Gasteiger partial charge in [0.05, 0.1) is 11.9 Å². The fourth-order valence-electron chi connectivity index (χ4n) is 1.70. The minimum atomic E-state index is -0.214. The summed E-state index contributed by atoms with van der Waals surface area (Å²) in [5.74, 6) is 0.478. The molecule has 19 heavy (non-hydrogen) atoms. The van der Waals surface area contributed by atoms with E-state index in [1.165, 1.54) is 17.5 Å². The molecular weight excluding hydrogens is 262 g/mol. The first-order valence-electron chi connectivity index (χ1n) is 5.63. The van der Waals surface area contributed by atoms with Crippen molar-refractivity contribution >= 4 is 34.4 Å². The van der Waals surface area contributed by atoms with E-state index in [-0.39, 0.29) is 5.91 Å². The second-order valence-electron chi connectivity index (χ2n) is 3.86. The Balaban J connectivity index is 1.97. The molecule has 0 fully saturated rings. The van der Waals surface area contributed by atoms with Crippen molar-refractivity contribution < 1.29 is 4.79 Å². The SMILES string of the molecule is CNc1ccn2ncc(C(=O)Nc3ccsc3)c2n1. The molecule has 3 heterocycles. The lowest BCUT2D eigenvalue weighted by atomic mass is 10.3. The minimum absolute atomic E-state index is 0.214. The predicted octanol–water partition coefficient (Wildman–Crippen LogP) is 2.08. The van der Waals surface area contributed by atoms with E-state index in [4.69, 9.17) is 0 Å². The van der Waals surface area contributed by atoms with E-state index in [2.05, 4.69) is 20.7 Å². The Bertz CT molecular complexity index is 719. The number of hydrogen-bond acceptors (Lipinski definition) is 5. The normalized spacial score (nSPS) is 10.6. The van der Waals surface area contributed by atoms with Crippen molar-refractivity contribution in [3.8, 4) is 0 Å². The molecule has 3 rings (SSSR count). The van der Waals surface area contributed by atoms with Crippen LogP contribution in [0.2, 0.25) is 0 Å². The van der Waals surface area contributed by atoms with Crippen LogP contribution >= 0.6 is 11.3 Å². The summed E-state index contributed by atoms with van der Waals surface area (Å²) in [7, 11) is 1.78. The molecule has 0 unspecified atom stereocenters. The zero-order valence-electron chi connectivity index (χ0n) is 10.1. The molecule has 3 aromatic rings. The lowest BCUT2D eigenvalue weighted by Crippen LogP contribution is -2.11. The number of hydrogen-bond donors (Lipinski definition) is 2. The summed E-state index contributed by atoms with van der Waals surface area (Å²) in [6.45, 7) is 0. The summed E-state index contributed by atoms with van der Waals surface area (Å²) in [6, 6.07) is 3.64. The number of fused-ring (bicyclic) bond motifs is 1. The number of carbonyl (C=O) groups excluding carboxylic acids is 1. The zero-order valence-corrected chi connectivity index (χ0v) is 10.9. The Kier molecular flexibility index (Phi) is 2.88. The predicted molar refractivity (Wildman–Crippen MR) is 74.8 cm³/mol. The summed E-state index contributed by atoms with van der Waals surface area (Å²) in [6.07, 6.45) is 3.28. The molecule has 0 spiro atoms. The van der Waals surface area contributed by atoms with E-state index in [1.54, 1.807) is 23.8 Å². The van der Waals surface area contributed by atoms with Crippen molar-refractivity contribution in [2.24, 2.45) is 0 Å². The average molecular weight is 273 g/mol. The summed E-state index contributed by atoms with van der Waals surface area (Å²) >= 11 is 1.53. The van der Waals surface area contributed by atoms with Gasteiger partial charge in [-0.05, 0) is 17.5 Å². The van der Waals surface area contributed by atoms with E-state index in [0.29, 0.717) is 17.0 Å². The molecule has 96 valence electrons. The molecule has 0 aromatic carbocycles. The number of nitrogens with zero attached hydrogens (tertiary/aromatic N) is 3. The molecule has 0 atom stereocenters. The molecule has 0 bridgehead atoms. The van der Waals surface area contributed by atoms with Crippen molar-refractivity contribution in [1.29, 1.82) is 0 Å². The van der Waals surface area contributed by atoms with Gasteiger partial charge in [-0.15, -0.1) is 0 Å². The van der Waals surface area contributed by atoms with Gasteiger partial charge in [0.1, 0.15) is 11.4 Å². The lowest BCUT2D eigenvalue weighted by molar-refractivity contribution is 0.102. The quantitative estimate of drug-likeness (QED) is 0.766. The lowest BCUT2D eigenvalue weighted by Gasteiger charge is -2.02. The van der Waals surface area contributed by atoms with Gasteiger partial charge in [-0.3, -0.25) is 4.79 Å². The molecule has 0 saturated heterocycles. The first-order valence-corrected chi connectivity index (χ1v) is 6.58. The van der Waals surface area contributed by atoms with Crippen LogP contribution in [0, 0.1) is 0 Å². The summed E-state index contributed by atoms with van der Waals surface area (Å²) in [4.78, 5) is 16.5. The maximum atomic E-state index is 12.2. The van der Waals surface area contributed by atoms with E-state index in [1.807, 2.05) is 16.8 Å². The Labute approximate surface area is 113 Å². The highest BCUT2D eigenvalue weighted by atomic mass is 32.1. The van der Waals surface area contributed by atoms with Crippen molar-refractivity contribution in [3.63, 3.8) is 0 Å². The number of thiophene rings is 1. The molecule has 6 nitrogen and oxygen atoms in total. The van der Waals surface area contributed by atoms with Crippen molar-refractivity contribution in [2.75, 3.05) is 17.7 Å². The molecule has 2 N–H and O–H groups in total. The summed E-state index contributed by atoms with van der Waals surface area (Å²) < 4.78 is 1.57. The second-order valence-corrected chi connectivity index (χ2v) is 4.64. The largest absolute Gasteiger partial charge is 0.373 e. The van der Waals surface area contributed by atoms with Crippen LogP contribution in [0.3, 0.4) is 0 Å². The highest BCUT2D eigenvalue weighted by Gasteiger charge is 2.14. The Morgan fingerprint density at radius 1 is 1.42 bits per heavy atom. The van der Waals surface area contributed by atoms with Crippen LogP contribution in [-0.2, 0) is 0 Å². The Morgan fingerprint density at radius 3 is 3.05 bits per heavy atom. The van der Waals surface area contributed by atoms with Gasteiger partial charge in [0.25, 0.3) is 5.91 Å². The van der Waals surface area contributed by atoms with Gasteiger partial charge in [-0.2, -0.15) is 16.4 Å². The first-order chi connectivity index (χ1) is 9.28. The van der Waals surface area contributed by atoms with Crippen LogP contribution in [0.5, 0.6) is 0 Å². The topological polar surface area (TPSA) is 71.3 Å².